The topological polar surface area (TPSA) is 0 Å². The molecule has 0 spiro atoms. The number of unbranched alkanes of at least 4 members (excludes halogenated alkanes) is 2. The summed E-state index contributed by atoms with van der Waals surface area (Å²) in [5.41, 5.74) is 1.46. The smallest absolute Gasteiger partial charge is 0.0130 e. The highest BCUT2D eigenvalue weighted by Crippen LogP contribution is 2.14. The molecule has 12 heavy (non-hydrogen) atoms. The van der Waals surface area contributed by atoms with Gasteiger partial charge in [-0.1, -0.05) is 38.2 Å². The van der Waals surface area contributed by atoms with E-state index in [-0.39, 0.29) is 0 Å². The van der Waals surface area contributed by atoms with Crippen LogP contribution in [-0.2, 0) is 0 Å². The summed E-state index contributed by atoms with van der Waals surface area (Å²) in [4.78, 5) is 0. The fourth-order valence-electron chi connectivity index (χ4n) is 1.19. The second-order valence-corrected chi connectivity index (χ2v) is 3.18. The van der Waals surface area contributed by atoms with Gasteiger partial charge < -0.3 is 0 Å². The molecule has 68 valence electrons. The molecule has 0 N–H and O–H groups in total. The van der Waals surface area contributed by atoms with Crippen molar-refractivity contribution in [3.05, 3.63) is 11.6 Å². The fourth-order valence-corrected chi connectivity index (χ4v) is 1.19. The van der Waals surface area contributed by atoms with Gasteiger partial charge in [0.2, 0.25) is 0 Å². The number of hydrogen-bond acceptors (Lipinski definition) is 0. The minimum atomic E-state index is 1.20. The standard InChI is InChI=1S/C12H20/c1-4-7-10-12(9-6-3)11-8-5-2/h3,9H,4-5,7-8,10-11H2,1-2H3. The molecule has 0 atom stereocenters. The van der Waals surface area contributed by atoms with Crippen molar-refractivity contribution in [2.24, 2.45) is 0 Å². The van der Waals surface area contributed by atoms with E-state index < -0.39 is 0 Å². The van der Waals surface area contributed by atoms with Crippen LogP contribution in [0.15, 0.2) is 11.6 Å². The van der Waals surface area contributed by atoms with E-state index in [1.165, 1.54) is 44.1 Å². The summed E-state index contributed by atoms with van der Waals surface area (Å²) >= 11 is 0. The zero-order chi connectivity index (χ0) is 9.23. The Hall–Kier alpha value is -0.700. The van der Waals surface area contributed by atoms with Crippen molar-refractivity contribution in [2.45, 2.75) is 52.4 Å². The third-order valence-corrected chi connectivity index (χ3v) is 1.99. The van der Waals surface area contributed by atoms with Gasteiger partial charge in [-0.05, 0) is 31.8 Å². The van der Waals surface area contributed by atoms with E-state index in [4.69, 9.17) is 6.42 Å². The average molecular weight is 164 g/mol. The lowest BCUT2D eigenvalue weighted by Gasteiger charge is -2.03. The summed E-state index contributed by atoms with van der Waals surface area (Å²) in [5.74, 6) is 2.62. The Balaban J connectivity index is 3.72. The molecule has 0 aliphatic heterocycles. The summed E-state index contributed by atoms with van der Waals surface area (Å²) in [6.45, 7) is 4.43. The van der Waals surface area contributed by atoms with E-state index in [1.54, 1.807) is 0 Å². The van der Waals surface area contributed by atoms with Gasteiger partial charge in [-0.25, -0.2) is 0 Å². The predicted octanol–water partition coefficient (Wildman–Crippen LogP) is 3.93. The molecule has 0 aliphatic rings. The molecule has 0 radical (unpaired) electrons. The lowest BCUT2D eigenvalue weighted by atomic mass is 10.0. The third-order valence-electron chi connectivity index (χ3n) is 1.99. The first kappa shape index (κ1) is 11.3. The Bertz CT molecular complexity index is 147. The van der Waals surface area contributed by atoms with Crippen LogP contribution in [-0.4, -0.2) is 0 Å². The van der Waals surface area contributed by atoms with Gasteiger partial charge in [0.1, 0.15) is 0 Å². The molecule has 0 aromatic rings. The summed E-state index contributed by atoms with van der Waals surface area (Å²) in [5, 5.41) is 0. The van der Waals surface area contributed by atoms with E-state index in [9.17, 15) is 0 Å². The SMILES string of the molecule is C#CC=C(CCCC)CCCC. The van der Waals surface area contributed by atoms with Crippen molar-refractivity contribution in [3.63, 3.8) is 0 Å². The van der Waals surface area contributed by atoms with Gasteiger partial charge in [-0.3, -0.25) is 0 Å². The first-order valence-corrected chi connectivity index (χ1v) is 4.99. The number of allylic oxidation sites excluding steroid dienone is 2. The molecule has 0 aliphatic carbocycles. The Labute approximate surface area is 77.1 Å². The van der Waals surface area contributed by atoms with Crippen LogP contribution in [0.3, 0.4) is 0 Å². The van der Waals surface area contributed by atoms with Crippen LogP contribution >= 0.6 is 0 Å². The first-order valence-electron chi connectivity index (χ1n) is 4.99. The Morgan fingerprint density at radius 1 is 1.17 bits per heavy atom. The second kappa shape index (κ2) is 8.40. The minimum absolute atomic E-state index is 1.20. The summed E-state index contributed by atoms with van der Waals surface area (Å²) < 4.78 is 0. The lowest BCUT2D eigenvalue weighted by Crippen LogP contribution is -1.84. The molecule has 0 heterocycles. The molecule has 0 unspecified atom stereocenters. The molecule has 0 heteroatoms. The summed E-state index contributed by atoms with van der Waals surface area (Å²) in [6.07, 6.45) is 14.7. The molecule has 0 saturated heterocycles. The van der Waals surface area contributed by atoms with Crippen molar-refractivity contribution in [3.8, 4) is 12.3 Å². The molecule has 0 rings (SSSR count). The normalized spacial score (nSPS) is 9.08. The number of hydrogen-bond donors (Lipinski definition) is 0. The van der Waals surface area contributed by atoms with Crippen molar-refractivity contribution in [1.29, 1.82) is 0 Å². The van der Waals surface area contributed by atoms with Crippen LogP contribution in [0.2, 0.25) is 0 Å². The Kier molecular flexibility index (Phi) is 7.91. The van der Waals surface area contributed by atoms with E-state index in [1.807, 2.05) is 6.08 Å². The van der Waals surface area contributed by atoms with Gasteiger partial charge in [0, 0.05) is 0 Å². The van der Waals surface area contributed by atoms with E-state index in [0.29, 0.717) is 0 Å². The van der Waals surface area contributed by atoms with Gasteiger partial charge in [-0.2, -0.15) is 0 Å². The van der Waals surface area contributed by atoms with Crippen molar-refractivity contribution in [2.75, 3.05) is 0 Å². The second-order valence-electron chi connectivity index (χ2n) is 3.18. The largest absolute Gasteiger partial charge is 0.115 e. The highest BCUT2D eigenvalue weighted by Gasteiger charge is 1.95. The number of terminal acetylenes is 1. The van der Waals surface area contributed by atoms with Crippen LogP contribution in [0.5, 0.6) is 0 Å². The highest BCUT2D eigenvalue weighted by atomic mass is 14.0. The van der Waals surface area contributed by atoms with Crippen LogP contribution in [0.1, 0.15) is 52.4 Å². The molecule has 0 fully saturated rings. The third kappa shape index (κ3) is 6.04. The fraction of sp³-hybridized carbons (Fsp3) is 0.667. The molecule has 0 bridgehead atoms. The van der Waals surface area contributed by atoms with E-state index in [2.05, 4.69) is 19.8 Å². The Morgan fingerprint density at radius 3 is 2.00 bits per heavy atom. The zero-order valence-electron chi connectivity index (χ0n) is 8.40. The summed E-state index contributed by atoms with van der Waals surface area (Å²) in [6, 6.07) is 0. The van der Waals surface area contributed by atoms with Gasteiger partial charge in [0.25, 0.3) is 0 Å². The molecule has 0 amide bonds. The van der Waals surface area contributed by atoms with Crippen LogP contribution in [0.25, 0.3) is 0 Å². The summed E-state index contributed by atoms with van der Waals surface area (Å²) in [7, 11) is 0. The maximum Gasteiger partial charge on any atom is -0.0130 e. The molecule has 0 saturated carbocycles. The monoisotopic (exact) mass is 164 g/mol. The minimum Gasteiger partial charge on any atom is -0.115 e. The quantitative estimate of drug-likeness (QED) is 0.522. The van der Waals surface area contributed by atoms with Gasteiger partial charge in [0.15, 0.2) is 0 Å². The maximum atomic E-state index is 5.25. The average Bonchev–Trinajstić information content (AvgIpc) is 2.10. The predicted molar refractivity (Wildman–Crippen MR) is 56.0 cm³/mol. The highest BCUT2D eigenvalue weighted by molar-refractivity contribution is 5.17. The van der Waals surface area contributed by atoms with Gasteiger partial charge >= 0.3 is 0 Å². The first-order chi connectivity index (χ1) is 5.85. The molecule has 0 aromatic heterocycles. The van der Waals surface area contributed by atoms with Crippen molar-refractivity contribution < 1.29 is 0 Å². The zero-order valence-corrected chi connectivity index (χ0v) is 8.40. The number of rotatable bonds is 6. The van der Waals surface area contributed by atoms with Crippen LogP contribution in [0, 0.1) is 12.3 Å². The van der Waals surface area contributed by atoms with Gasteiger partial charge in [0.05, 0.1) is 0 Å². The lowest BCUT2D eigenvalue weighted by molar-refractivity contribution is 0.713. The van der Waals surface area contributed by atoms with Crippen LogP contribution in [0.4, 0.5) is 0 Å². The Morgan fingerprint density at radius 2 is 1.67 bits per heavy atom. The van der Waals surface area contributed by atoms with Gasteiger partial charge in [-0.15, -0.1) is 6.42 Å². The van der Waals surface area contributed by atoms with E-state index >= 15 is 0 Å². The molecular formula is C12H20. The van der Waals surface area contributed by atoms with Crippen molar-refractivity contribution in [1.82, 2.24) is 0 Å². The van der Waals surface area contributed by atoms with E-state index in [0.717, 1.165) is 0 Å². The maximum absolute atomic E-state index is 5.25. The molecule has 0 nitrogen and oxygen atoms in total. The molecule has 0 aromatic carbocycles. The van der Waals surface area contributed by atoms with Crippen LogP contribution < -0.4 is 0 Å². The van der Waals surface area contributed by atoms with Crippen molar-refractivity contribution >= 4 is 0 Å². The molecular weight excluding hydrogens is 144 g/mol.